The second-order valence-corrected chi connectivity index (χ2v) is 8.42. The van der Waals surface area contributed by atoms with E-state index in [1.54, 1.807) is 11.3 Å². The van der Waals surface area contributed by atoms with Crippen LogP contribution in [0.5, 0.6) is 0 Å². The van der Waals surface area contributed by atoms with Crippen molar-refractivity contribution >= 4 is 33.4 Å². The molecule has 0 spiro atoms. The van der Waals surface area contributed by atoms with Crippen molar-refractivity contribution in [2.45, 2.75) is 44.6 Å². The van der Waals surface area contributed by atoms with Crippen molar-refractivity contribution in [3.05, 3.63) is 64.7 Å². The SMILES string of the molecule is O=C(COC(=O)CCCc1nc2ccccc2s1)N[C@@H]1CCCc2ccccc21. The molecule has 2 aromatic carbocycles. The van der Waals surface area contributed by atoms with E-state index in [9.17, 15) is 9.59 Å². The van der Waals surface area contributed by atoms with Crippen LogP contribution in [0.3, 0.4) is 0 Å². The molecule has 0 aliphatic heterocycles. The molecule has 1 aliphatic rings. The zero-order valence-electron chi connectivity index (χ0n) is 16.2. The number of aromatic nitrogens is 1. The number of rotatable bonds is 7. The minimum absolute atomic E-state index is 0.00480. The molecule has 1 atom stereocenters. The third-order valence-electron chi connectivity index (χ3n) is 5.18. The summed E-state index contributed by atoms with van der Waals surface area (Å²) in [5.41, 5.74) is 3.46. The fourth-order valence-corrected chi connectivity index (χ4v) is 4.78. The summed E-state index contributed by atoms with van der Waals surface area (Å²) >= 11 is 1.65. The Kier molecular flexibility index (Phi) is 6.20. The van der Waals surface area contributed by atoms with Crippen LogP contribution in [-0.4, -0.2) is 23.5 Å². The molecule has 3 aromatic rings. The topological polar surface area (TPSA) is 68.3 Å². The Balaban J connectivity index is 1.19. The first-order valence-corrected chi connectivity index (χ1v) is 10.9. The smallest absolute Gasteiger partial charge is 0.306 e. The normalized spacial score (nSPS) is 15.7. The van der Waals surface area contributed by atoms with E-state index in [-0.39, 0.29) is 30.9 Å². The van der Waals surface area contributed by atoms with Crippen LogP contribution in [0.15, 0.2) is 48.5 Å². The first kappa shape index (κ1) is 19.6. The van der Waals surface area contributed by atoms with E-state index >= 15 is 0 Å². The van der Waals surface area contributed by atoms with Gasteiger partial charge in [-0.3, -0.25) is 9.59 Å². The quantitative estimate of drug-likeness (QED) is 0.590. The van der Waals surface area contributed by atoms with Crippen LogP contribution in [0.1, 0.15) is 47.9 Å². The molecule has 150 valence electrons. The predicted octanol–water partition coefficient (Wildman–Crippen LogP) is 4.36. The van der Waals surface area contributed by atoms with Crippen molar-refractivity contribution < 1.29 is 14.3 Å². The largest absolute Gasteiger partial charge is 0.456 e. The molecule has 0 bridgehead atoms. The lowest BCUT2D eigenvalue weighted by atomic mass is 9.88. The van der Waals surface area contributed by atoms with Gasteiger partial charge in [-0.05, 0) is 55.4 Å². The molecule has 29 heavy (non-hydrogen) atoms. The summed E-state index contributed by atoms with van der Waals surface area (Å²) in [5, 5.41) is 4.02. The van der Waals surface area contributed by atoms with Crippen LogP contribution in [-0.2, 0) is 27.2 Å². The Morgan fingerprint density at radius 1 is 1.14 bits per heavy atom. The summed E-state index contributed by atoms with van der Waals surface area (Å²) in [6, 6.07) is 16.2. The standard InChI is InChI=1S/C23H24N2O3S/c26-21(24-18-11-5-8-16-7-1-2-9-17(16)18)15-28-23(27)14-6-13-22-25-19-10-3-4-12-20(19)29-22/h1-4,7,9-10,12,18H,5-6,8,11,13-15H2,(H,24,26)/t18-/m1/s1. The molecule has 1 aromatic heterocycles. The fraction of sp³-hybridized carbons (Fsp3) is 0.348. The number of hydrogen-bond donors (Lipinski definition) is 1. The zero-order valence-corrected chi connectivity index (χ0v) is 17.0. The number of nitrogens with zero attached hydrogens (tertiary/aromatic N) is 1. The number of thiazole rings is 1. The van der Waals surface area contributed by atoms with Gasteiger partial charge in [-0.25, -0.2) is 4.98 Å². The Morgan fingerprint density at radius 2 is 1.97 bits per heavy atom. The average Bonchev–Trinajstić information content (AvgIpc) is 3.15. The van der Waals surface area contributed by atoms with Crippen molar-refractivity contribution in [2.24, 2.45) is 0 Å². The molecular formula is C23H24N2O3S. The first-order chi connectivity index (χ1) is 14.2. The third kappa shape index (κ3) is 5.01. The number of nitrogens with one attached hydrogen (secondary N) is 1. The molecule has 6 heteroatoms. The summed E-state index contributed by atoms with van der Waals surface area (Å²) in [6.45, 7) is -0.224. The van der Waals surface area contributed by atoms with Gasteiger partial charge in [0.05, 0.1) is 21.3 Å². The fourth-order valence-electron chi connectivity index (χ4n) is 3.77. The number of benzene rings is 2. The number of carbonyl (C=O) groups is 2. The Hall–Kier alpha value is -2.73. The van der Waals surface area contributed by atoms with E-state index in [1.165, 1.54) is 11.1 Å². The van der Waals surface area contributed by atoms with Gasteiger partial charge in [-0.15, -0.1) is 11.3 Å². The highest BCUT2D eigenvalue weighted by atomic mass is 32.1. The summed E-state index contributed by atoms with van der Waals surface area (Å²) in [7, 11) is 0. The van der Waals surface area contributed by atoms with E-state index in [0.717, 1.165) is 40.9 Å². The van der Waals surface area contributed by atoms with Crippen LogP contribution in [0, 0.1) is 0 Å². The summed E-state index contributed by atoms with van der Waals surface area (Å²) < 4.78 is 6.32. The van der Waals surface area contributed by atoms with E-state index in [0.29, 0.717) is 6.42 Å². The van der Waals surface area contributed by atoms with Gasteiger partial charge in [-0.1, -0.05) is 36.4 Å². The number of hydrogen-bond acceptors (Lipinski definition) is 5. The molecule has 1 amide bonds. The molecule has 0 saturated carbocycles. The maximum atomic E-state index is 12.2. The molecule has 1 N–H and O–H groups in total. The third-order valence-corrected chi connectivity index (χ3v) is 6.27. The van der Waals surface area contributed by atoms with E-state index in [1.807, 2.05) is 36.4 Å². The molecule has 1 heterocycles. The zero-order chi connectivity index (χ0) is 20.1. The molecular weight excluding hydrogens is 384 g/mol. The minimum Gasteiger partial charge on any atom is -0.456 e. The summed E-state index contributed by atoms with van der Waals surface area (Å²) in [6.07, 6.45) is 4.70. The lowest BCUT2D eigenvalue weighted by Gasteiger charge is -2.26. The maximum Gasteiger partial charge on any atom is 0.306 e. The Bertz CT molecular complexity index is 981. The maximum absolute atomic E-state index is 12.2. The Labute approximate surface area is 174 Å². The average molecular weight is 409 g/mol. The highest BCUT2D eigenvalue weighted by Gasteiger charge is 2.21. The van der Waals surface area contributed by atoms with E-state index in [4.69, 9.17) is 4.74 Å². The minimum atomic E-state index is -0.342. The van der Waals surface area contributed by atoms with Crippen molar-refractivity contribution in [2.75, 3.05) is 6.61 Å². The number of amides is 1. The molecule has 4 rings (SSSR count). The molecule has 0 radical (unpaired) electrons. The second-order valence-electron chi connectivity index (χ2n) is 7.30. The van der Waals surface area contributed by atoms with Crippen LogP contribution >= 0.6 is 11.3 Å². The van der Waals surface area contributed by atoms with E-state index < -0.39 is 0 Å². The monoisotopic (exact) mass is 408 g/mol. The Morgan fingerprint density at radius 3 is 2.86 bits per heavy atom. The number of aryl methyl sites for hydroxylation is 2. The van der Waals surface area contributed by atoms with Gasteiger partial charge in [-0.2, -0.15) is 0 Å². The van der Waals surface area contributed by atoms with Gasteiger partial charge in [0.1, 0.15) is 0 Å². The molecule has 0 fully saturated rings. The van der Waals surface area contributed by atoms with Crippen molar-refractivity contribution in [1.29, 1.82) is 0 Å². The van der Waals surface area contributed by atoms with Gasteiger partial charge >= 0.3 is 5.97 Å². The van der Waals surface area contributed by atoms with Crippen molar-refractivity contribution in [1.82, 2.24) is 10.3 Å². The highest BCUT2D eigenvalue weighted by molar-refractivity contribution is 7.18. The van der Waals surface area contributed by atoms with Crippen molar-refractivity contribution in [3.8, 4) is 0 Å². The summed E-state index contributed by atoms with van der Waals surface area (Å²) in [4.78, 5) is 28.8. The highest BCUT2D eigenvalue weighted by Crippen LogP contribution is 2.29. The summed E-state index contributed by atoms with van der Waals surface area (Å²) in [5.74, 6) is -0.587. The number of ether oxygens (including phenoxy) is 1. The van der Waals surface area contributed by atoms with Crippen LogP contribution in [0.2, 0.25) is 0 Å². The van der Waals surface area contributed by atoms with Crippen LogP contribution in [0.25, 0.3) is 10.2 Å². The van der Waals surface area contributed by atoms with E-state index in [2.05, 4.69) is 22.4 Å². The predicted molar refractivity (Wildman–Crippen MR) is 114 cm³/mol. The number of esters is 1. The number of fused-ring (bicyclic) bond motifs is 2. The van der Waals surface area contributed by atoms with Gasteiger partial charge in [0.2, 0.25) is 0 Å². The molecule has 5 nitrogen and oxygen atoms in total. The first-order valence-electron chi connectivity index (χ1n) is 10.1. The van der Waals surface area contributed by atoms with Gasteiger partial charge in [0.15, 0.2) is 6.61 Å². The van der Waals surface area contributed by atoms with Crippen molar-refractivity contribution in [3.63, 3.8) is 0 Å². The van der Waals surface area contributed by atoms with Crippen LogP contribution in [0.4, 0.5) is 0 Å². The second kappa shape index (κ2) is 9.18. The van der Waals surface area contributed by atoms with Crippen LogP contribution < -0.4 is 5.32 Å². The molecule has 0 unspecified atom stereocenters. The van der Waals surface area contributed by atoms with Gasteiger partial charge in [0, 0.05) is 6.42 Å². The van der Waals surface area contributed by atoms with Gasteiger partial charge < -0.3 is 10.1 Å². The lowest BCUT2D eigenvalue weighted by molar-refractivity contribution is -0.148. The van der Waals surface area contributed by atoms with Gasteiger partial charge in [0.25, 0.3) is 5.91 Å². The molecule has 0 saturated heterocycles. The number of para-hydroxylation sites is 1. The lowest BCUT2D eigenvalue weighted by Crippen LogP contribution is -2.34. The number of carbonyl (C=O) groups excluding carboxylic acids is 2. The molecule has 1 aliphatic carbocycles.